The summed E-state index contributed by atoms with van der Waals surface area (Å²) in [5.41, 5.74) is 1.13. The van der Waals surface area contributed by atoms with Crippen LogP contribution in [0.2, 0.25) is 0 Å². The summed E-state index contributed by atoms with van der Waals surface area (Å²) in [6.45, 7) is 2.34. The van der Waals surface area contributed by atoms with Crippen LogP contribution in [0.25, 0.3) is 0 Å². The van der Waals surface area contributed by atoms with Crippen LogP contribution in [0.4, 0.5) is 5.82 Å². The van der Waals surface area contributed by atoms with Crippen LogP contribution in [-0.4, -0.2) is 53.2 Å². The lowest BCUT2D eigenvalue weighted by Crippen LogP contribution is -2.41. The zero-order valence-electron chi connectivity index (χ0n) is 15.0. The molecule has 0 amide bonds. The molecule has 3 rings (SSSR count). The van der Waals surface area contributed by atoms with Crippen molar-refractivity contribution in [3.05, 3.63) is 48.2 Å². The van der Waals surface area contributed by atoms with Gasteiger partial charge in [0.1, 0.15) is 23.4 Å². The maximum Gasteiger partial charge on any atom is 0.274 e. The van der Waals surface area contributed by atoms with E-state index in [1.54, 1.807) is 25.4 Å². The Bertz CT molecular complexity index is 817. The fraction of sp³-hybridized carbons (Fsp3) is 0.389. The number of aromatic nitrogens is 1. The molecular weight excluding hydrogens is 354 g/mol. The lowest BCUT2D eigenvalue weighted by Gasteiger charge is -2.25. The topological polar surface area (TPSA) is 73.2 Å². The Balaban J connectivity index is 1.69. The van der Waals surface area contributed by atoms with E-state index in [2.05, 4.69) is 4.98 Å². The Morgan fingerprint density at radius 1 is 1.15 bits per heavy atom. The molecular formula is C18H24N3O4S+. The lowest BCUT2D eigenvalue weighted by molar-refractivity contribution is -0.367. The smallest absolute Gasteiger partial charge is 0.274 e. The van der Waals surface area contributed by atoms with Crippen molar-refractivity contribution >= 4 is 15.8 Å². The second kappa shape index (κ2) is 8.03. The largest absolute Gasteiger partial charge is 0.497 e. The summed E-state index contributed by atoms with van der Waals surface area (Å²) in [6.07, 6.45) is 1.55. The number of benzene rings is 1. The highest BCUT2D eigenvalue weighted by atomic mass is 32.2. The van der Waals surface area contributed by atoms with Gasteiger partial charge in [0, 0.05) is 19.2 Å². The fourth-order valence-electron chi connectivity index (χ4n) is 2.83. The first kappa shape index (κ1) is 18.6. The molecule has 0 saturated carbocycles. The minimum atomic E-state index is -3.48. The van der Waals surface area contributed by atoms with Gasteiger partial charge in [-0.25, -0.2) is 13.4 Å². The van der Waals surface area contributed by atoms with Crippen LogP contribution in [0, 0.1) is 0 Å². The molecule has 0 radical (unpaired) electrons. The molecule has 2 heterocycles. The zero-order chi connectivity index (χ0) is 18.6. The lowest BCUT2D eigenvalue weighted by atomic mass is 10.2. The quantitative estimate of drug-likeness (QED) is 0.754. The average molecular weight is 378 g/mol. The third kappa shape index (κ3) is 4.14. The van der Waals surface area contributed by atoms with Crippen molar-refractivity contribution in [3.63, 3.8) is 0 Å². The minimum Gasteiger partial charge on any atom is -0.497 e. The van der Waals surface area contributed by atoms with Crippen LogP contribution < -0.4 is 14.6 Å². The average Bonchev–Trinajstić information content (AvgIpc) is 2.69. The molecule has 1 aliphatic rings. The molecule has 1 aromatic carbocycles. The molecule has 2 aromatic rings. The molecule has 0 unspecified atom stereocenters. The number of aromatic amines is 1. The maximum atomic E-state index is 12.6. The molecule has 0 atom stereocenters. The SMILES string of the molecule is COc1ccc(CN(C)c2ccc(S(=O)(=O)N3CCOCC3)c[nH+]2)cc1. The Hall–Kier alpha value is -2.16. The molecule has 0 spiro atoms. The molecule has 0 bridgehead atoms. The van der Waals surface area contributed by atoms with Gasteiger partial charge in [-0.05, 0) is 23.8 Å². The summed E-state index contributed by atoms with van der Waals surface area (Å²) in [5, 5.41) is 0. The molecule has 1 fully saturated rings. The Labute approximate surface area is 154 Å². The second-order valence-electron chi connectivity index (χ2n) is 6.13. The summed E-state index contributed by atoms with van der Waals surface area (Å²) in [4.78, 5) is 5.37. The normalized spacial score (nSPS) is 15.6. The van der Waals surface area contributed by atoms with Crippen LogP contribution in [0.5, 0.6) is 5.75 Å². The van der Waals surface area contributed by atoms with Gasteiger partial charge in [-0.1, -0.05) is 12.1 Å². The molecule has 140 valence electrons. The number of hydrogen-bond acceptors (Lipinski definition) is 5. The molecule has 1 saturated heterocycles. The number of ether oxygens (including phenoxy) is 2. The summed E-state index contributed by atoms with van der Waals surface area (Å²) >= 11 is 0. The first-order chi connectivity index (χ1) is 12.5. The van der Waals surface area contributed by atoms with E-state index < -0.39 is 10.0 Å². The van der Waals surface area contributed by atoms with E-state index in [0.29, 0.717) is 32.8 Å². The van der Waals surface area contributed by atoms with E-state index in [4.69, 9.17) is 9.47 Å². The third-order valence-electron chi connectivity index (χ3n) is 4.37. The summed E-state index contributed by atoms with van der Waals surface area (Å²) in [5.74, 6) is 1.65. The van der Waals surface area contributed by atoms with Crippen molar-refractivity contribution in [3.8, 4) is 5.75 Å². The number of H-pyrrole nitrogens is 1. The van der Waals surface area contributed by atoms with Crippen molar-refractivity contribution in [1.82, 2.24) is 4.31 Å². The van der Waals surface area contributed by atoms with Gasteiger partial charge in [0.25, 0.3) is 5.82 Å². The predicted molar refractivity (Wildman–Crippen MR) is 97.7 cm³/mol. The van der Waals surface area contributed by atoms with Crippen molar-refractivity contribution in [2.24, 2.45) is 0 Å². The van der Waals surface area contributed by atoms with Gasteiger partial charge in [0.2, 0.25) is 10.0 Å². The first-order valence-corrected chi connectivity index (χ1v) is 9.88. The maximum absolute atomic E-state index is 12.6. The van der Waals surface area contributed by atoms with E-state index in [1.807, 2.05) is 36.2 Å². The number of morpholine rings is 1. The second-order valence-corrected chi connectivity index (χ2v) is 8.07. The van der Waals surface area contributed by atoms with Crippen LogP contribution in [0.1, 0.15) is 5.56 Å². The number of pyridine rings is 1. The highest BCUT2D eigenvalue weighted by Crippen LogP contribution is 2.18. The van der Waals surface area contributed by atoms with Gasteiger partial charge in [0.15, 0.2) is 0 Å². The molecule has 1 N–H and O–H groups in total. The molecule has 26 heavy (non-hydrogen) atoms. The number of nitrogens with zero attached hydrogens (tertiary/aromatic N) is 2. The zero-order valence-corrected chi connectivity index (χ0v) is 15.8. The highest BCUT2D eigenvalue weighted by molar-refractivity contribution is 7.89. The molecule has 1 aliphatic heterocycles. The van der Waals surface area contributed by atoms with Crippen molar-refractivity contribution in [2.75, 3.05) is 45.4 Å². The Morgan fingerprint density at radius 3 is 2.42 bits per heavy atom. The van der Waals surface area contributed by atoms with Crippen LogP contribution in [0.3, 0.4) is 0 Å². The summed E-state index contributed by atoms with van der Waals surface area (Å²) < 4.78 is 37.1. The van der Waals surface area contributed by atoms with Crippen molar-refractivity contribution < 1.29 is 22.9 Å². The van der Waals surface area contributed by atoms with Gasteiger partial charge in [-0.2, -0.15) is 4.31 Å². The van der Waals surface area contributed by atoms with Gasteiger partial charge in [-0.15, -0.1) is 0 Å². The third-order valence-corrected chi connectivity index (χ3v) is 6.26. The van der Waals surface area contributed by atoms with E-state index in [-0.39, 0.29) is 4.90 Å². The summed E-state index contributed by atoms with van der Waals surface area (Å²) in [7, 11) is 0.111. The molecule has 8 heteroatoms. The van der Waals surface area contributed by atoms with Gasteiger partial charge >= 0.3 is 0 Å². The van der Waals surface area contributed by atoms with Crippen LogP contribution >= 0.6 is 0 Å². The molecule has 7 nitrogen and oxygen atoms in total. The van der Waals surface area contributed by atoms with E-state index in [9.17, 15) is 8.42 Å². The summed E-state index contributed by atoms with van der Waals surface area (Å²) in [6, 6.07) is 11.3. The number of methoxy groups -OCH3 is 1. The monoisotopic (exact) mass is 378 g/mol. The molecule has 1 aromatic heterocycles. The number of sulfonamides is 1. The standard InChI is InChI=1S/C18H23N3O4S/c1-20(14-15-3-5-16(24-2)6-4-15)18-8-7-17(13-19-18)26(22,23)21-9-11-25-12-10-21/h3-8,13H,9-12,14H2,1-2H3/p+1. The first-order valence-electron chi connectivity index (χ1n) is 8.44. The van der Waals surface area contributed by atoms with Crippen LogP contribution in [-0.2, 0) is 21.3 Å². The van der Waals surface area contributed by atoms with Crippen molar-refractivity contribution in [2.45, 2.75) is 11.4 Å². The fourth-order valence-corrected chi connectivity index (χ4v) is 4.20. The van der Waals surface area contributed by atoms with E-state index in [0.717, 1.165) is 17.1 Å². The number of hydrogen-bond donors (Lipinski definition) is 0. The Morgan fingerprint density at radius 2 is 1.85 bits per heavy atom. The molecule has 0 aliphatic carbocycles. The predicted octanol–water partition coefficient (Wildman–Crippen LogP) is 1.17. The minimum absolute atomic E-state index is 0.265. The van der Waals surface area contributed by atoms with E-state index >= 15 is 0 Å². The number of rotatable bonds is 6. The Kier molecular flexibility index (Phi) is 5.75. The van der Waals surface area contributed by atoms with Crippen LogP contribution in [0.15, 0.2) is 47.5 Å². The number of nitrogens with one attached hydrogen (secondary N) is 1. The highest BCUT2D eigenvalue weighted by Gasteiger charge is 2.27. The van der Waals surface area contributed by atoms with E-state index in [1.165, 1.54) is 4.31 Å². The van der Waals surface area contributed by atoms with Gasteiger partial charge in [0.05, 0.1) is 27.4 Å². The van der Waals surface area contributed by atoms with Gasteiger partial charge in [-0.3, -0.25) is 4.90 Å². The number of anilines is 1. The van der Waals surface area contributed by atoms with Crippen molar-refractivity contribution in [1.29, 1.82) is 0 Å². The van der Waals surface area contributed by atoms with Gasteiger partial charge < -0.3 is 9.47 Å².